The molecule has 21 heavy (non-hydrogen) atoms. The van der Waals surface area contributed by atoms with Crippen LogP contribution in [0.1, 0.15) is 41.0 Å². The summed E-state index contributed by atoms with van der Waals surface area (Å²) in [6, 6.07) is 0. The molecule has 116 valence electrons. The molecule has 0 amide bonds. The summed E-state index contributed by atoms with van der Waals surface area (Å²) in [5.41, 5.74) is 0.533. The van der Waals surface area contributed by atoms with Crippen LogP contribution in [0.25, 0.3) is 0 Å². The summed E-state index contributed by atoms with van der Waals surface area (Å²) in [7, 11) is -0.337. The molecule has 2 fully saturated rings. The zero-order valence-corrected chi connectivity index (χ0v) is 13.7. The first-order valence-corrected chi connectivity index (χ1v) is 7.67. The highest BCUT2D eigenvalue weighted by atomic mass is 16.7. The Bertz CT molecular complexity index is 505. The molecule has 0 N–H and O–H groups in total. The van der Waals surface area contributed by atoms with Gasteiger partial charge in [0.05, 0.1) is 17.8 Å². The van der Waals surface area contributed by atoms with Gasteiger partial charge in [0.1, 0.15) is 0 Å². The number of hydrogen-bond donors (Lipinski definition) is 0. The Kier molecular flexibility index (Phi) is 3.47. The minimum atomic E-state index is -0.337. The van der Waals surface area contributed by atoms with Crippen molar-refractivity contribution in [1.82, 2.24) is 9.78 Å². The molecule has 3 rings (SSSR count). The van der Waals surface area contributed by atoms with Crippen LogP contribution >= 0.6 is 0 Å². The molecule has 0 bridgehead atoms. The van der Waals surface area contributed by atoms with Crippen molar-refractivity contribution in [2.45, 2.75) is 58.8 Å². The zero-order valence-electron chi connectivity index (χ0n) is 13.7. The Balaban J connectivity index is 1.71. The Labute approximate surface area is 127 Å². The van der Waals surface area contributed by atoms with Gasteiger partial charge in [0, 0.05) is 36.4 Å². The van der Waals surface area contributed by atoms with Gasteiger partial charge < -0.3 is 14.0 Å². The maximum atomic E-state index is 6.06. The van der Waals surface area contributed by atoms with E-state index in [0.29, 0.717) is 0 Å². The first-order chi connectivity index (χ1) is 9.71. The van der Waals surface area contributed by atoms with Crippen LogP contribution in [-0.4, -0.2) is 41.3 Å². The lowest BCUT2D eigenvalue weighted by Gasteiger charge is -2.32. The van der Waals surface area contributed by atoms with E-state index in [-0.39, 0.29) is 23.7 Å². The van der Waals surface area contributed by atoms with Crippen LogP contribution in [0.3, 0.4) is 0 Å². The number of aromatic nitrogens is 2. The van der Waals surface area contributed by atoms with Crippen molar-refractivity contribution in [3.05, 3.63) is 12.4 Å². The van der Waals surface area contributed by atoms with Gasteiger partial charge in [0.2, 0.25) is 0 Å². The highest BCUT2D eigenvalue weighted by molar-refractivity contribution is 6.61. The fraction of sp³-hybridized carbons (Fsp3) is 0.800. The molecule has 1 aromatic rings. The molecule has 3 heterocycles. The average Bonchev–Trinajstić information content (AvgIpc) is 3.01. The van der Waals surface area contributed by atoms with Gasteiger partial charge in [-0.1, -0.05) is 6.92 Å². The standard InChI is InChI=1S/C15H25BN2O3/c1-13(2)14(3,4)21-16(20-13)12-8-17-18(9-12)10-15(5)6-7-19-11-15/h8-9H,6-7,10-11H2,1-5H3. The zero-order chi connectivity index (χ0) is 15.3. The highest BCUT2D eigenvalue weighted by Crippen LogP contribution is 2.36. The minimum Gasteiger partial charge on any atom is -0.399 e. The third-order valence-corrected chi connectivity index (χ3v) is 5.02. The van der Waals surface area contributed by atoms with Gasteiger partial charge in [-0.2, -0.15) is 5.10 Å². The molecule has 5 nitrogen and oxygen atoms in total. The van der Waals surface area contributed by atoms with E-state index in [1.165, 1.54) is 0 Å². The minimum absolute atomic E-state index is 0.180. The average molecular weight is 292 g/mol. The molecule has 1 unspecified atom stereocenters. The monoisotopic (exact) mass is 292 g/mol. The Hall–Kier alpha value is -0.845. The molecular formula is C15H25BN2O3. The van der Waals surface area contributed by atoms with E-state index in [9.17, 15) is 0 Å². The Morgan fingerprint density at radius 3 is 2.43 bits per heavy atom. The van der Waals surface area contributed by atoms with Gasteiger partial charge in [-0.05, 0) is 34.1 Å². The first-order valence-electron chi connectivity index (χ1n) is 7.67. The Morgan fingerprint density at radius 2 is 1.86 bits per heavy atom. The van der Waals surface area contributed by atoms with Crippen molar-refractivity contribution in [3.8, 4) is 0 Å². The smallest absolute Gasteiger partial charge is 0.399 e. The second-order valence-electron chi connectivity index (χ2n) is 7.67. The molecule has 0 aliphatic carbocycles. The molecule has 6 heteroatoms. The normalized spacial score (nSPS) is 31.0. The van der Waals surface area contributed by atoms with E-state index < -0.39 is 0 Å². The maximum absolute atomic E-state index is 6.06. The van der Waals surface area contributed by atoms with Crippen molar-refractivity contribution in [2.24, 2.45) is 5.41 Å². The summed E-state index contributed by atoms with van der Waals surface area (Å²) in [4.78, 5) is 0. The molecule has 1 atom stereocenters. The largest absolute Gasteiger partial charge is 0.498 e. The predicted molar refractivity (Wildman–Crippen MR) is 81.5 cm³/mol. The van der Waals surface area contributed by atoms with Crippen LogP contribution in [0.15, 0.2) is 12.4 Å². The molecular weight excluding hydrogens is 267 g/mol. The topological polar surface area (TPSA) is 45.5 Å². The van der Waals surface area contributed by atoms with Gasteiger partial charge in [0.25, 0.3) is 0 Å². The second-order valence-corrected chi connectivity index (χ2v) is 7.67. The van der Waals surface area contributed by atoms with Crippen molar-refractivity contribution < 1.29 is 14.0 Å². The summed E-state index contributed by atoms with van der Waals surface area (Å²) >= 11 is 0. The second kappa shape index (κ2) is 4.83. The predicted octanol–water partition coefficient (Wildman–Crippen LogP) is 1.61. The van der Waals surface area contributed by atoms with Crippen molar-refractivity contribution in [2.75, 3.05) is 13.2 Å². The lowest BCUT2D eigenvalue weighted by Crippen LogP contribution is -2.41. The number of hydrogen-bond acceptors (Lipinski definition) is 4. The van der Waals surface area contributed by atoms with Crippen LogP contribution in [0.4, 0.5) is 0 Å². The lowest BCUT2D eigenvalue weighted by molar-refractivity contribution is 0.00578. The highest BCUT2D eigenvalue weighted by Gasteiger charge is 2.52. The molecule has 1 aromatic heterocycles. The Morgan fingerprint density at radius 1 is 1.19 bits per heavy atom. The molecule has 2 aliphatic rings. The summed E-state index contributed by atoms with van der Waals surface area (Å²) in [6.07, 6.45) is 4.96. The first kappa shape index (κ1) is 15.1. The maximum Gasteiger partial charge on any atom is 0.498 e. The molecule has 2 aliphatic heterocycles. The van der Waals surface area contributed by atoms with E-state index in [2.05, 4.69) is 39.7 Å². The van der Waals surface area contributed by atoms with Gasteiger partial charge in [0.15, 0.2) is 0 Å². The van der Waals surface area contributed by atoms with Gasteiger partial charge in [-0.3, -0.25) is 4.68 Å². The van der Waals surface area contributed by atoms with Crippen LogP contribution in [0.2, 0.25) is 0 Å². The van der Waals surface area contributed by atoms with Crippen LogP contribution < -0.4 is 5.46 Å². The SMILES string of the molecule is CC1(Cn2cc(B3OC(C)(C)C(C)(C)O3)cn2)CCOC1. The molecule has 0 spiro atoms. The lowest BCUT2D eigenvalue weighted by atomic mass is 9.82. The van der Waals surface area contributed by atoms with Crippen molar-refractivity contribution in [3.63, 3.8) is 0 Å². The van der Waals surface area contributed by atoms with E-state index in [1.807, 2.05) is 17.1 Å². The number of ether oxygens (including phenoxy) is 1. The molecule has 0 radical (unpaired) electrons. The summed E-state index contributed by atoms with van der Waals surface area (Å²) in [6.45, 7) is 13.0. The molecule has 0 aromatic carbocycles. The number of nitrogens with zero attached hydrogens (tertiary/aromatic N) is 2. The van der Waals surface area contributed by atoms with Gasteiger partial charge in [-0.15, -0.1) is 0 Å². The van der Waals surface area contributed by atoms with E-state index in [4.69, 9.17) is 14.0 Å². The summed E-state index contributed by atoms with van der Waals surface area (Å²) < 4.78 is 19.6. The van der Waals surface area contributed by atoms with Crippen molar-refractivity contribution in [1.29, 1.82) is 0 Å². The van der Waals surface area contributed by atoms with Gasteiger partial charge in [-0.25, -0.2) is 0 Å². The third-order valence-electron chi connectivity index (χ3n) is 5.02. The van der Waals surface area contributed by atoms with Gasteiger partial charge >= 0.3 is 7.12 Å². The van der Waals surface area contributed by atoms with E-state index >= 15 is 0 Å². The quantitative estimate of drug-likeness (QED) is 0.794. The number of rotatable bonds is 3. The summed E-state index contributed by atoms with van der Waals surface area (Å²) in [5.74, 6) is 0. The third kappa shape index (κ3) is 2.76. The van der Waals surface area contributed by atoms with Crippen LogP contribution in [0.5, 0.6) is 0 Å². The molecule has 0 saturated carbocycles. The van der Waals surface area contributed by atoms with E-state index in [1.54, 1.807) is 0 Å². The molecule has 2 saturated heterocycles. The van der Waals surface area contributed by atoms with E-state index in [0.717, 1.165) is 31.6 Å². The van der Waals surface area contributed by atoms with Crippen LogP contribution in [0, 0.1) is 5.41 Å². The van der Waals surface area contributed by atoms with Crippen LogP contribution in [-0.2, 0) is 20.6 Å². The fourth-order valence-corrected chi connectivity index (χ4v) is 2.79. The summed E-state index contributed by atoms with van der Waals surface area (Å²) in [5, 5.41) is 4.47. The van der Waals surface area contributed by atoms with Crippen molar-refractivity contribution >= 4 is 12.6 Å². The fourth-order valence-electron chi connectivity index (χ4n) is 2.79.